The van der Waals surface area contributed by atoms with Crippen molar-refractivity contribution in [1.82, 2.24) is 14.9 Å². The molecule has 3 rings (SSSR count). The lowest BCUT2D eigenvalue weighted by Crippen LogP contribution is -2.33. The molecule has 0 radical (unpaired) electrons. The molecule has 2 N–H and O–H groups in total. The number of aromatic nitrogens is 2. The fourth-order valence-electron chi connectivity index (χ4n) is 3.22. The van der Waals surface area contributed by atoms with Crippen molar-refractivity contribution >= 4 is 23.5 Å². The van der Waals surface area contributed by atoms with Gasteiger partial charge in [-0.15, -0.1) is 0 Å². The van der Waals surface area contributed by atoms with Crippen LogP contribution in [0.5, 0.6) is 0 Å². The average Bonchev–Trinajstić information content (AvgIpc) is 3.07. The highest BCUT2D eigenvalue weighted by Gasteiger charge is 2.27. The van der Waals surface area contributed by atoms with Gasteiger partial charge in [0, 0.05) is 18.3 Å². The Labute approximate surface area is 163 Å². The van der Waals surface area contributed by atoms with E-state index in [1.165, 1.54) is 7.11 Å². The van der Waals surface area contributed by atoms with E-state index in [4.69, 9.17) is 0 Å². The largest absolute Gasteiger partial charge is 0.465 e. The van der Waals surface area contributed by atoms with Crippen molar-refractivity contribution in [2.24, 2.45) is 0 Å². The van der Waals surface area contributed by atoms with Crippen LogP contribution in [0.2, 0.25) is 0 Å². The molecule has 1 aliphatic rings. The van der Waals surface area contributed by atoms with Crippen molar-refractivity contribution in [1.29, 1.82) is 0 Å². The maximum Gasteiger partial charge on any atom is 0.337 e. The minimum atomic E-state index is -0.443. The lowest BCUT2D eigenvalue weighted by molar-refractivity contribution is 0.0600. The summed E-state index contributed by atoms with van der Waals surface area (Å²) in [7, 11) is 1.31. The molecule has 0 saturated heterocycles. The number of fused-ring (bicyclic) bond motifs is 1. The number of nitrogens with one attached hydrogen (secondary N) is 2. The van der Waals surface area contributed by atoms with Gasteiger partial charge in [-0.1, -0.05) is 0 Å². The molecular weight excluding hydrogens is 360 g/mol. The number of hydrogen-bond donors (Lipinski definition) is 2. The van der Waals surface area contributed by atoms with Gasteiger partial charge in [-0.2, -0.15) is 0 Å². The molecule has 0 bridgehead atoms. The van der Waals surface area contributed by atoms with E-state index in [2.05, 4.69) is 20.4 Å². The number of amides is 2. The van der Waals surface area contributed by atoms with Crippen LogP contribution < -0.4 is 10.6 Å². The highest BCUT2D eigenvalue weighted by Crippen LogP contribution is 2.22. The van der Waals surface area contributed by atoms with E-state index < -0.39 is 5.97 Å². The van der Waals surface area contributed by atoms with Crippen molar-refractivity contribution in [3.63, 3.8) is 0 Å². The minimum Gasteiger partial charge on any atom is -0.465 e. The van der Waals surface area contributed by atoms with Crippen molar-refractivity contribution in [2.45, 2.75) is 45.7 Å². The highest BCUT2D eigenvalue weighted by atomic mass is 16.5. The molecule has 1 aromatic heterocycles. The third kappa shape index (κ3) is 4.05. The smallest absolute Gasteiger partial charge is 0.337 e. The molecule has 0 aliphatic carbocycles. The Hall–Kier alpha value is -3.16. The predicted molar refractivity (Wildman–Crippen MR) is 104 cm³/mol. The molecular formula is C20H24N4O4. The second-order valence-corrected chi connectivity index (χ2v) is 6.99. The molecule has 1 aromatic carbocycles. The SMILES string of the molecule is COC(=O)c1ccc(NC(=O)c2nc(C(=O)NC(C)C)n3c2CCCC3)cc1. The zero-order chi connectivity index (χ0) is 20.3. The molecule has 0 spiro atoms. The van der Waals surface area contributed by atoms with Gasteiger partial charge >= 0.3 is 5.97 Å². The first-order chi connectivity index (χ1) is 13.4. The number of rotatable bonds is 5. The third-order valence-electron chi connectivity index (χ3n) is 4.52. The number of carbonyl (C=O) groups excluding carboxylic acids is 3. The van der Waals surface area contributed by atoms with E-state index in [0.29, 0.717) is 24.2 Å². The summed E-state index contributed by atoms with van der Waals surface area (Å²) in [5.74, 6) is -0.823. The molecule has 8 heteroatoms. The van der Waals surface area contributed by atoms with Gasteiger partial charge in [0.05, 0.1) is 18.4 Å². The molecule has 1 aliphatic heterocycles. The Morgan fingerprint density at radius 3 is 2.46 bits per heavy atom. The summed E-state index contributed by atoms with van der Waals surface area (Å²) in [6.45, 7) is 4.43. The minimum absolute atomic E-state index is 0.0188. The molecule has 0 fully saturated rings. The highest BCUT2D eigenvalue weighted by molar-refractivity contribution is 6.05. The van der Waals surface area contributed by atoms with Crippen LogP contribution in [-0.4, -0.2) is 40.5 Å². The van der Waals surface area contributed by atoms with Crippen molar-refractivity contribution in [3.05, 3.63) is 47.0 Å². The summed E-state index contributed by atoms with van der Waals surface area (Å²) in [5, 5.41) is 5.62. The van der Waals surface area contributed by atoms with Crippen LogP contribution in [0.3, 0.4) is 0 Å². The van der Waals surface area contributed by atoms with Gasteiger partial charge in [-0.3, -0.25) is 9.59 Å². The number of nitrogens with zero attached hydrogens (tertiary/aromatic N) is 2. The number of anilines is 1. The van der Waals surface area contributed by atoms with Gasteiger partial charge in [0.2, 0.25) is 0 Å². The van der Waals surface area contributed by atoms with Crippen LogP contribution in [0.25, 0.3) is 0 Å². The standard InChI is InChI=1S/C20H24N4O4/c1-12(2)21-19(26)17-23-16(15-6-4-5-11-24(15)17)18(25)22-14-9-7-13(8-10-14)20(27)28-3/h7-10,12H,4-6,11H2,1-3H3,(H,21,26)(H,22,25). The zero-order valence-electron chi connectivity index (χ0n) is 16.2. The van der Waals surface area contributed by atoms with Crippen LogP contribution in [0, 0.1) is 0 Å². The maximum atomic E-state index is 12.8. The van der Waals surface area contributed by atoms with Gasteiger partial charge in [0.1, 0.15) is 0 Å². The van der Waals surface area contributed by atoms with Crippen LogP contribution in [-0.2, 0) is 17.7 Å². The maximum absolute atomic E-state index is 12.8. The molecule has 0 atom stereocenters. The second kappa shape index (κ2) is 8.24. The fraction of sp³-hybridized carbons (Fsp3) is 0.400. The molecule has 8 nitrogen and oxygen atoms in total. The van der Waals surface area contributed by atoms with Crippen LogP contribution in [0.4, 0.5) is 5.69 Å². The van der Waals surface area contributed by atoms with Crippen molar-refractivity contribution in [2.75, 3.05) is 12.4 Å². The normalized spacial score (nSPS) is 13.0. The number of imidazole rings is 1. The molecule has 2 heterocycles. The first-order valence-corrected chi connectivity index (χ1v) is 9.30. The molecule has 0 saturated carbocycles. The lowest BCUT2D eigenvalue weighted by atomic mass is 10.1. The van der Waals surface area contributed by atoms with Gasteiger partial charge < -0.3 is 19.9 Å². The number of methoxy groups -OCH3 is 1. The molecule has 0 unspecified atom stereocenters. The van der Waals surface area contributed by atoms with Crippen LogP contribution in [0.15, 0.2) is 24.3 Å². The van der Waals surface area contributed by atoms with E-state index in [-0.39, 0.29) is 29.4 Å². The number of carbonyl (C=O) groups is 3. The number of hydrogen-bond acceptors (Lipinski definition) is 5. The van der Waals surface area contributed by atoms with E-state index in [1.54, 1.807) is 24.3 Å². The van der Waals surface area contributed by atoms with E-state index in [0.717, 1.165) is 18.5 Å². The summed E-state index contributed by atoms with van der Waals surface area (Å²) in [6, 6.07) is 6.38. The van der Waals surface area contributed by atoms with Gasteiger partial charge in [0.15, 0.2) is 11.5 Å². The average molecular weight is 384 g/mol. The quantitative estimate of drug-likeness (QED) is 0.771. The summed E-state index contributed by atoms with van der Waals surface area (Å²) in [5.41, 5.74) is 1.98. The summed E-state index contributed by atoms with van der Waals surface area (Å²) < 4.78 is 6.51. The summed E-state index contributed by atoms with van der Waals surface area (Å²) in [6.07, 6.45) is 2.60. The molecule has 148 valence electrons. The van der Waals surface area contributed by atoms with E-state index in [1.807, 2.05) is 18.4 Å². The Kier molecular flexibility index (Phi) is 5.77. The molecule has 28 heavy (non-hydrogen) atoms. The van der Waals surface area contributed by atoms with Gasteiger partial charge in [-0.05, 0) is 57.4 Å². The Balaban J connectivity index is 1.84. The molecule has 2 aromatic rings. The second-order valence-electron chi connectivity index (χ2n) is 6.99. The summed E-state index contributed by atoms with van der Waals surface area (Å²) >= 11 is 0. The first kappa shape index (κ1) is 19.6. The third-order valence-corrected chi connectivity index (χ3v) is 4.52. The Morgan fingerprint density at radius 2 is 1.82 bits per heavy atom. The number of esters is 1. The van der Waals surface area contributed by atoms with Crippen molar-refractivity contribution in [3.8, 4) is 0 Å². The van der Waals surface area contributed by atoms with Crippen LogP contribution >= 0.6 is 0 Å². The first-order valence-electron chi connectivity index (χ1n) is 9.30. The van der Waals surface area contributed by atoms with Crippen LogP contribution in [0.1, 0.15) is 63.8 Å². The lowest BCUT2D eigenvalue weighted by Gasteiger charge is -2.17. The number of benzene rings is 1. The Bertz CT molecular complexity index is 900. The number of ether oxygens (including phenoxy) is 1. The van der Waals surface area contributed by atoms with E-state index >= 15 is 0 Å². The molecule has 2 amide bonds. The van der Waals surface area contributed by atoms with Gasteiger partial charge in [0.25, 0.3) is 11.8 Å². The van der Waals surface area contributed by atoms with Crippen molar-refractivity contribution < 1.29 is 19.1 Å². The topological polar surface area (TPSA) is 102 Å². The summed E-state index contributed by atoms with van der Waals surface area (Å²) in [4.78, 5) is 41.2. The monoisotopic (exact) mass is 384 g/mol. The Morgan fingerprint density at radius 1 is 1.11 bits per heavy atom. The zero-order valence-corrected chi connectivity index (χ0v) is 16.2. The van der Waals surface area contributed by atoms with E-state index in [9.17, 15) is 14.4 Å². The predicted octanol–water partition coefficient (Wildman–Crippen LogP) is 2.40. The van der Waals surface area contributed by atoms with Gasteiger partial charge in [-0.25, -0.2) is 9.78 Å². The fourth-order valence-corrected chi connectivity index (χ4v) is 3.22.